The van der Waals surface area contributed by atoms with Gasteiger partial charge in [-0.3, -0.25) is 0 Å². The third-order valence-electron chi connectivity index (χ3n) is 19.6. The molecular weight excluding hydrogens is 1220 g/mol. The highest BCUT2D eigenvalue weighted by atomic mass is 16.5. The molecule has 12 heteroatoms. The molecular formula is C88H61BN10O. The average Bonchev–Trinajstić information content (AvgIpc) is 0.695. The van der Waals surface area contributed by atoms with Gasteiger partial charge in [-0.2, -0.15) is 30.0 Å². The predicted molar refractivity (Wildman–Crippen MR) is 412 cm³/mol. The van der Waals surface area contributed by atoms with Gasteiger partial charge in [0.1, 0.15) is 0 Å². The minimum absolute atomic E-state index is 0.201. The van der Waals surface area contributed by atoms with Crippen LogP contribution < -0.4 is 35.8 Å². The molecule has 0 N–H and O–H groups in total. The Morgan fingerprint density at radius 1 is 0.260 bits per heavy atom. The molecule has 0 fully saturated rings. The van der Waals surface area contributed by atoms with E-state index in [9.17, 15) is 0 Å². The molecule has 13 aromatic rings. The monoisotopic (exact) mass is 1280 g/mol. The molecule has 0 atom stereocenters. The zero-order valence-electron chi connectivity index (χ0n) is 55.0. The molecule has 6 aliphatic heterocycles. The molecule has 100 heavy (non-hydrogen) atoms. The molecule has 6 aliphatic rings. The Bertz CT molecular complexity index is 5420. The van der Waals surface area contributed by atoms with Gasteiger partial charge in [0.05, 0.1) is 17.1 Å². The fourth-order valence-electron chi connectivity index (χ4n) is 14.7. The largest absolute Gasteiger partial charge is 0.453 e. The van der Waals surface area contributed by atoms with Crippen LogP contribution in [0.15, 0.2) is 345 Å². The van der Waals surface area contributed by atoms with Crippen molar-refractivity contribution in [2.45, 2.75) is 26.2 Å². The first-order valence-corrected chi connectivity index (χ1v) is 33.9. The maximum Gasteiger partial charge on any atom is 0.252 e. The standard InChI is InChI=1S/C88H61BN10O/c1-88(2,3)67-41-49-76-80(53-67)100-79-52-66(84-94-86-92-82(62-30-18-8-19-31-62)90-85-91-83(63-32-20-9-21-33-63)93-87(95-84)99(85)86)40-48-75(79)98(76)70-54-77-81-78(55-70)97(69-44-36-61(37-45-69)57-24-12-5-13-25-57)74-47-39-65(59-28-16-7-17-29-59)51-72(74)89(81)71-50-64(58-26-14-6-15-27-58)38-46-73(71)96(77)68-42-34-60(35-43-68)56-22-10-4-11-23-56/h4-55H,1-3H3. The first-order chi connectivity index (χ1) is 49.2. The van der Waals surface area contributed by atoms with E-state index >= 15 is 0 Å². The molecule has 0 aromatic heterocycles. The molecule has 0 amide bonds. The van der Waals surface area contributed by atoms with E-state index in [0.717, 1.165) is 112 Å². The van der Waals surface area contributed by atoms with Crippen molar-refractivity contribution in [2.24, 2.45) is 30.0 Å². The van der Waals surface area contributed by atoms with Crippen LogP contribution in [0, 0.1) is 0 Å². The summed E-state index contributed by atoms with van der Waals surface area (Å²) in [6, 6.07) is 113. The molecule has 0 spiro atoms. The molecule has 0 radical (unpaired) electrons. The van der Waals surface area contributed by atoms with E-state index < -0.39 is 0 Å². The highest BCUT2D eigenvalue weighted by molar-refractivity contribution is 7.00. The predicted octanol–water partition coefficient (Wildman–Crippen LogP) is 19.4. The number of hydrogen-bond donors (Lipinski definition) is 0. The lowest BCUT2D eigenvalue weighted by atomic mass is 9.33. The summed E-state index contributed by atoms with van der Waals surface area (Å²) in [5.41, 5.74) is 25.2. The van der Waals surface area contributed by atoms with Crippen molar-refractivity contribution in [3.8, 4) is 56.0 Å². The summed E-state index contributed by atoms with van der Waals surface area (Å²) in [5.74, 6) is 3.84. The molecule has 6 heterocycles. The zero-order valence-corrected chi connectivity index (χ0v) is 55.0. The van der Waals surface area contributed by atoms with Crippen LogP contribution in [-0.4, -0.2) is 47.0 Å². The second-order valence-corrected chi connectivity index (χ2v) is 26.8. The number of amidine groups is 3. The highest BCUT2D eigenvalue weighted by Crippen LogP contribution is 2.55. The van der Waals surface area contributed by atoms with Crippen molar-refractivity contribution >= 4 is 110 Å². The summed E-state index contributed by atoms with van der Waals surface area (Å²) in [6.07, 6.45) is 0. The topological polar surface area (TPSA) is 96.3 Å². The maximum atomic E-state index is 7.32. The van der Waals surface area contributed by atoms with Crippen LogP contribution in [0.4, 0.5) is 51.2 Å². The zero-order chi connectivity index (χ0) is 66.6. The van der Waals surface area contributed by atoms with Gasteiger partial charge in [0.15, 0.2) is 29.0 Å². The van der Waals surface area contributed by atoms with Gasteiger partial charge in [0, 0.05) is 50.8 Å². The Morgan fingerprint density at radius 3 is 1.01 bits per heavy atom. The Labute approximate surface area is 580 Å². The third-order valence-corrected chi connectivity index (χ3v) is 19.6. The van der Waals surface area contributed by atoms with Crippen molar-refractivity contribution in [3.05, 3.63) is 338 Å². The number of hydrogen-bond acceptors (Lipinski definition) is 11. The van der Waals surface area contributed by atoms with Crippen molar-refractivity contribution < 1.29 is 4.74 Å². The summed E-state index contributed by atoms with van der Waals surface area (Å²) in [6.45, 7) is 6.52. The SMILES string of the molecule is CC(C)(C)c1ccc2c(c1)Oc1cc(C3=NC4=NC(c5ccccc5)=NC5=NC(c6ccccc6)=NC(=N3)N54)ccc1N2c1cc2c3c(c1)N(c1ccc(-c4ccccc4)cc1)c1ccc(-c4ccccc4)cc1B3c1cc(-c3ccccc3)ccc1N2c1ccc(-c2ccccc2)cc1. The van der Waals surface area contributed by atoms with Gasteiger partial charge < -0.3 is 19.4 Å². The third kappa shape index (κ3) is 9.98. The second-order valence-electron chi connectivity index (χ2n) is 26.8. The number of guanidine groups is 3. The summed E-state index contributed by atoms with van der Waals surface area (Å²) >= 11 is 0. The van der Waals surface area contributed by atoms with Crippen LogP contribution in [0.1, 0.15) is 43.0 Å². The van der Waals surface area contributed by atoms with Crippen LogP contribution >= 0.6 is 0 Å². The molecule has 19 rings (SSSR count). The number of nitrogens with zero attached hydrogens (tertiary/aromatic N) is 10. The van der Waals surface area contributed by atoms with E-state index in [0.29, 0.717) is 52.4 Å². The summed E-state index contributed by atoms with van der Waals surface area (Å²) < 4.78 is 7.32. The van der Waals surface area contributed by atoms with Crippen LogP contribution in [0.25, 0.3) is 44.5 Å². The first kappa shape index (κ1) is 58.3. The minimum atomic E-state index is -0.213. The van der Waals surface area contributed by atoms with E-state index in [1.165, 1.54) is 16.4 Å². The van der Waals surface area contributed by atoms with E-state index in [2.05, 4.69) is 290 Å². The Morgan fingerprint density at radius 2 is 0.590 bits per heavy atom. The number of rotatable bonds is 10. The van der Waals surface area contributed by atoms with Gasteiger partial charge in [-0.15, -0.1) is 0 Å². The number of fused-ring (bicyclic) bond motifs is 6. The fraction of sp³-hybridized carbons (Fsp3) is 0.0455. The Balaban J connectivity index is 0.851. The van der Waals surface area contributed by atoms with Crippen molar-refractivity contribution in [3.63, 3.8) is 0 Å². The summed E-state index contributed by atoms with van der Waals surface area (Å²) in [5, 5.41) is 0. The molecule has 0 unspecified atom stereocenters. The van der Waals surface area contributed by atoms with Gasteiger partial charge in [-0.05, 0) is 151 Å². The number of ether oxygens (including phenoxy) is 1. The highest BCUT2D eigenvalue weighted by Gasteiger charge is 2.45. The normalized spacial score (nSPS) is 14.5. The van der Waals surface area contributed by atoms with Crippen molar-refractivity contribution in [1.29, 1.82) is 0 Å². The number of anilines is 9. The quantitative estimate of drug-likeness (QED) is 0.127. The lowest BCUT2D eigenvalue weighted by molar-refractivity contribution is 0.473. The molecule has 472 valence electrons. The van der Waals surface area contributed by atoms with Gasteiger partial charge in [0.25, 0.3) is 6.71 Å². The average molecular weight is 1290 g/mol. The van der Waals surface area contributed by atoms with Crippen LogP contribution in [0.2, 0.25) is 0 Å². The lowest BCUT2D eigenvalue weighted by Crippen LogP contribution is -2.61. The molecule has 0 saturated heterocycles. The van der Waals surface area contributed by atoms with E-state index in [-0.39, 0.29) is 12.1 Å². The maximum absolute atomic E-state index is 7.32. The molecule has 0 saturated carbocycles. The Hall–Kier alpha value is -13.1. The van der Waals surface area contributed by atoms with Crippen LogP contribution in [0.3, 0.4) is 0 Å². The first-order valence-electron chi connectivity index (χ1n) is 33.9. The second kappa shape index (κ2) is 23.4. The van der Waals surface area contributed by atoms with Gasteiger partial charge in [-0.25, -0.2) is 4.90 Å². The van der Waals surface area contributed by atoms with Gasteiger partial charge >= 0.3 is 0 Å². The number of aliphatic imine (C=N–C) groups is 6. The van der Waals surface area contributed by atoms with Crippen LogP contribution in [-0.2, 0) is 5.41 Å². The summed E-state index contributed by atoms with van der Waals surface area (Å²) in [7, 11) is 0. The van der Waals surface area contributed by atoms with Crippen molar-refractivity contribution in [2.75, 3.05) is 14.7 Å². The Kier molecular flexibility index (Phi) is 13.6. The van der Waals surface area contributed by atoms with Crippen molar-refractivity contribution in [1.82, 2.24) is 4.90 Å². The minimum Gasteiger partial charge on any atom is -0.453 e. The molecule has 0 aliphatic carbocycles. The summed E-state index contributed by atoms with van der Waals surface area (Å²) in [4.78, 5) is 39.7. The molecule has 11 nitrogen and oxygen atoms in total. The lowest BCUT2D eigenvalue weighted by Gasteiger charge is -2.45. The van der Waals surface area contributed by atoms with Crippen LogP contribution in [0.5, 0.6) is 11.5 Å². The smallest absolute Gasteiger partial charge is 0.252 e. The van der Waals surface area contributed by atoms with Gasteiger partial charge in [0.2, 0.25) is 17.9 Å². The van der Waals surface area contributed by atoms with E-state index in [1.807, 2.05) is 60.7 Å². The van der Waals surface area contributed by atoms with E-state index in [1.54, 1.807) is 4.90 Å². The van der Waals surface area contributed by atoms with Gasteiger partial charge in [-0.1, -0.05) is 257 Å². The molecule has 13 aromatic carbocycles. The number of benzene rings is 13. The fourth-order valence-corrected chi connectivity index (χ4v) is 14.7. The molecule has 0 bridgehead atoms. The van der Waals surface area contributed by atoms with E-state index in [4.69, 9.17) is 34.7 Å².